The van der Waals surface area contributed by atoms with E-state index in [-0.39, 0.29) is 5.56 Å². The lowest BCUT2D eigenvalue weighted by Gasteiger charge is -2.31. The number of nitrogens with zero attached hydrogens (tertiary/aromatic N) is 1. The minimum atomic E-state index is -0.928. The van der Waals surface area contributed by atoms with Crippen molar-refractivity contribution < 1.29 is 14.6 Å². The fourth-order valence-corrected chi connectivity index (χ4v) is 1.97. The normalized spacial score (nSPS) is 15.0. The first-order valence-electron chi connectivity index (χ1n) is 5.98. The highest BCUT2D eigenvalue weighted by Crippen LogP contribution is 2.32. The molecule has 96 valence electrons. The molecule has 1 heterocycles. The second-order valence-electron chi connectivity index (χ2n) is 4.39. The second-order valence-corrected chi connectivity index (χ2v) is 4.39. The molecule has 0 fully saturated rings. The number of ether oxygens (including phenoxy) is 1. The zero-order valence-electron chi connectivity index (χ0n) is 10.6. The first-order chi connectivity index (χ1) is 8.61. The number of carboxylic acids is 1. The van der Waals surface area contributed by atoms with Crippen LogP contribution in [0, 0.1) is 0 Å². The maximum absolute atomic E-state index is 10.9. The molecule has 4 heteroatoms. The Morgan fingerprint density at radius 2 is 2.33 bits per heavy atom. The van der Waals surface area contributed by atoms with Gasteiger partial charge in [0.2, 0.25) is 0 Å². The zero-order chi connectivity index (χ0) is 13.1. The van der Waals surface area contributed by atoms with Crippen molar-refractivity contribution in [2.45, 2.75) is 13.8 Å². The van der Waals surface area contributed by atoms with Crippen LogP contribution in [0.1, 0.15) is 24.2 Å². The van der Waals surface area contributed by atoms with Crippen LogP contribution in [-0.2, 0) is 0 Å². The molecular formula is C14H17NO3. The molecule has 1 aliphatic rings. The van der Waals surface area contributed by atoms with Gasteiger partial charge in [-0.15, -0.1) is 0 Å². The van der Waals surface area contributed by atoms with Crippen molar-refractivity contribution in [2.24, 2.45) is 0 Å². The van der Waals surface area contributed by atoms with Crippen molar-refractivity contribution in [3.63, 3.8) is 0 Å². The Hall–Kier alpha value is -1.97. The van der Waals surface area contributed by atoms with Gasteiger partial charge >= 0.3 is 5.97 Å². The molecule has 18 heavy (non-hydrogen) atoms. The summed E-state index contributed by atoms with van der Waals surface area (Å²) >= 11 is 0. The molecule has 0 amide bonds. The van der Waals surface area contributed by atoms with Crippen LogP contribution in [0.4, 0.5) is 5.69 Å². The highest BCUT2D eigenvalue weighted by molar-refractivity contribution is 5.89. The number of allylic oxidation sites excluding steroid dienone is 1. The van der Waals surface area contributed by atoms with E-state index in [2.05, 4.69) is 17.9 Å². The topological polar surface area (TPSA) is 49.8 Å². The molecule has 0 spiro atoms. The van der Waals surface area contributed by atoms with Crippen LogP contribution in [0.2, 0.25) is 0 Å². The lowest BCUT2D eigenvalue weighted by molar-refractivity contribution is 0.0696. The van der Waals surface area contributed by atoms with E-state index in [1.807, 2.05) is 13.0 Å². The first kappa shape index (κ1) is 12.5. The Balaban J connectivity index is 2.30. The Kier molecular flexibility index (Phi) is 3.55. The van der Waals surface area contributed by atoms with Gasteiger partial charge in [-0.3, -0.25) is 0 Å². The molecule has 0 atom stereocenters. The largest absolute Gasteiger partial charge is 0.490 e. The summed E-state index contributed by atoms with van der Waals surface area (Å²) in [6.45, 7) is 6.36. The molecule has 1 aliphatic heterocycles. The predicted molar refractivity (Wildman–Crippen MR) is 70.5 cm³/mol. The molecule has 1 N–H and O–H groups in total. The summed E-state index contributed by atoms with van der Waals surface area (Å²) in [6.07, 6.45) is 2.08. The van der Waals surface area contributed by atoms with E-state index in [4.69, 9.17) is 9.84 Å². The third-order valence-corrected chi connectivity index (χ3v) is 3.10. The van der Waals surface area contributed by atoms with Crippen LogP contribution in [0.3, 0.4) is 0 Å². The lowest BCUT2D eigenvalue weighted by Crippen LogP contribution is -2.34. The first-order valence-corrected chi connectivity index (χ1v) is 5.98. The van der Waals surface area contributed by atoms with E-state index in [1.165, 1.54) is 5.57 Å². The quantitative estimate of drug-likeness (QED) is 0.834. The van der Waals surface area contributed by atoms with Gasteiger partial charge in [0, 0.05) is 6.54 Å². The van der Waals surface area contributed by atoms with E-state index in [0.717, 1.165) is 18.8 Å². The molecule has 4 nitrogen and oxygen atoms in total. The number of aromatic carboxylic acids is 1. The summed E-state index contributed by atoms with van der Waals surface area (Å²) in [5.74, 6) is -0.270. The highest BCUT2D eigenvalue weighted by atomic mass is 16.5. The average molecular weight is 247 g/mol. The second kappa shape index (κ2) is 5.12. The van der Waals surface area contributed by atoms with Gasteiger partial charge in [-0.05, 0) is 32.0 Å². The molecule has 0 aliphatic carbocycles. The lowest BCUT2D eigenvalue weighted by atomic mass is 10.1. The summed E-state index contributed by atoms with van der Waals surface area (Å²) in [5, 5.41) is 8.96. The minimum absolute atomic E-state index is 0.262. The van der Waals surface area contributed by atoms with Gasteiger partial charge in [0.05, 0.1) is 17.8 Å². The molecule has 0 unspecified atom stereocenters. The minimum Gasteiger partial charge on any atom is -0.490 e. The van der Waals surface area contributed by atoms with Crippen molar-refractivity contribution in [1.29, 1.82) is 0 Å². The summed E-state index contributed by atoms with van der Waals surface area (Å²) in [4.78, 5) is 13.1. The van der Waals surface area contributed by atoms with E-state index < -0.39 is 5.97 Å². The fourth-order valence-electron chi connectivity index (χ4n) is 1.97. The summed E-state index contributed by atoms with van der Waals surface area (Å²) in [6, 6.07) is 5.03. The van der Waals surface area contributed by atoms with Gasteiger partial charge in [-0.1, -0.05) is 11.6 Å². The molecule has 0 bridgehead atoms. The Labute approximate surface area is 106 Å². The van der Waals surface area contributed by atoms with Crippen LogP contribution in [0.25, 0.3) is 0 Å². The molecule has 0 aromatic heterocycles. The van der Waals surface area contributed by atoms with Gasteiger partial charge in [0.25, 0.3) is 0 Å². The average Bonchev–Trinajstić information content (AvgIpc) is 2.38. The van der Waals surface area contributed by atoms with E-state index in [0.29, 0.717) is 12.4 Å². The van der Waals surface area contributed by atoms with Crippen LogP contribution < -0.4 is 9.64 Å². The fraction of sp³-hybridized carbons (Fsp3) is 0.357. The van der Waals surface area contributed by atoms with Crippen molar-refractivity contribution in [1.82, 2.24) is 0 Å². The van der Waals surface area contributed by atoms with E-state index in [1.54, 1.807) is 12.1 Å². The van der Waals surface area contributed by atoms with E-state index >= 15 is 0 Å². The predicted octanol–water partition coefficient (Wildman–Crippen LogP) is 2.55. The van der Waals surface area contributed by atoms with Gasteiger partial charge in [0.15, 0.2) is 0 Å². The standard InChI is InChI=1S/C14H17NO3/c1-3-10(2)9-15-6-7-18-13-8-11(14(16)17)4-5-12(13)15/h3-5,8H,6-7,9H2,1-2H3,(H,16,17). The van der Waals surface area contributed by atoms with Crippen LogP contribution >= 0.6 is 0 Å². The maximum Gasteiger partial charge on any atom is 0.335 e. The number of carboxylic acid groups (broad SMARTS) is 1. The van der Waals surface area contributed by atoms with E-state index in [9.17, 15) is 4.79 Å². The van der Waals surface area contributed by atoms with Gasteiger partial charge in [-0.25, -0.2) is 4.79 Å². The monoisotopic (exact) mass is 247 g/mol. The Morgan fingerprint density at radius 3 is 3.00 bits per heavy atom. The van der Waals surface area contributed by atoms with Crippen LogP contribution in [0.15, 0.2) is 29.8 Å². The molecule has 2 rings (SSSR count). The summed E-state index contributed by atoms with van der Waals surface area (Å²) in [5.41, 5.74) is 2.51. The van der Waals surface area contributed by atoms with Gasteiger partial charge in [-0.2, -0.15) is 0 Å². The van der Waals surface area contributed by atoms with Crippen molar-refractivity contribution in [2.75, 3.05) is 24.6 Å². The highest BCUT2D eigenvalue weighted by Gasteiger charge is 2.19. The number of rotatable bonds is 3. The number of hydrogen-bond acceptors (Lipinski definition) is 3. The van der Waals surface area contributed by atoms with Crippen molar-refractivity contribution in [3.05, 3.63) is 35.4 Å². The van der Waals surface area contributed by atoms with Gasteiger partial charge in [0.1, 0.15) is 12.4 Å². The third kappa shape index (κ3) is 2.47. The summed E-state index contributed by atoms with van der Waals surface area (Å²) in [7, 11) is 0. The van der Waals surface area contributed by atoms with Crippen molar-refractivity contribution >= 4 is 11.7 Å². The molecule has 1 aromatic carbocycles. The Bertz CT molecular complexity index is 494. The number of fused-ring (bicyclic) bond motifs is 1. The van der Waals surface area contributed by atoms with Crippen LogP contribution in [0.5, 0.6) is 5.75 Å². The number of anilines is 1. The number of carbonyl (C=O) groups is 1. The smallest absolute Gasteiger partial charge is 0.335 e. The molecule has 1 aromatic rings. The zero-order valence-corrected chi connectivity index (χ0v) is 10.6. The molecule has 0 saturated heterocycles. The SMILES string of the molecule is CC=C(C)CN1CCOc2cc(C(=O)O)ccc21. The molecule has 0 saturated carbocycles. The Morgan fingerprint density at radius 1 is 1.56 bits per heavy atom. The molecular weight excluding hydrogens is 230 g/mol. The third-order valence-electron chi connectivity index (χ3n) is 3.10. The number of benzene rings is 1. The molecule has 0 radical (unpaired) electrons. The van der Waals surface area contributed by atoms with Gasteiger partial charge < -0.3 is 14.7 Å². The van der Waals surface area contributed by atoms with Crippen molar-refractivity contribution in [3.8, 4) is 5.75 Å². The number of hydrogen-bond donors (Lipinski definition) is 1. The summed E-state index contributed by atoms with van der Waals surface area (Å²) < 4.78 is 5.54. The maximum atomic E-state index is 10.9. The van der Waals surface area contributed by atoms with Crippen LogP contribution in [-0.4, -0.2) is 30.8 Å².